The van der Waals surface area contributed by atoms with Gasteiger partial charge in [0.05, 0.1) is 0 Å². The van der Waals surface area contributed by atoms with E-state index >= 15 is 0 Å². The Hall–Kier alpha value is -2.30. The van der Waals surface area contributed by atoms with Crippen LogP contribution in [0.25, 0.3) is 0 Å². The highest BCUT2D eigenvalue weighted by molar-refractivity contribution is 5.49. The topological polar surface area (TPSA) is 64.2 Å². The Balaban J connectivity index is 1.97. The number of nitrogens with two attached hydrogens (primary N) is 1. The van der Waals surface area contributed by atoms with Crippen molar-refractivity contribution < 1.29 is 0 Å². The summed E-state index contributed by atoms with van der Waals surface area (Å²) in [6.07, 6.45) is 4.35. The van der Waals surface area contributed by atoms with Crippen LogP contribution in [0.4, 0.5) is 11.5 Å². The number of aromatic nitrogens is 2. The standard InChI is InChI=1S/C16H20N4O/c1-11(2)20-8-6-18-15(16(20)21)19-7-5-12-3-4-14(17)9-13(12)10-19/h3-4,6,8-9,11H,5,7,10,17H2,1-2H3. The fourth-order valence-corrected chi connectivity index (χ4v) is 2.80. The van der Waals surface area contributed by atoms with Crippen molar-refractivity contribution in [3.05, 3.63) is 52.1 Å². The van der Waals surface area contributed by atoms with E-state index in [1.54, 1.807) is 17.0 Å². The number of anilines is 2. The van der Waals surface area contributed by atoms with Crippen molar-refractivity contribution in [2.75, 3.05) is 17.2 Å². The molecule has 21 heavy (non-hydrogen) atoms. The SMILES string of the molecule is CC(C)n1ccnc(N2CCc3ccc(N)cc3C2)c1=O. The summed E-state index contributed by atoms with van der Waals surface area (Å²) < 4.78 is 1.72. The zero-order valence-electron chi connectivity index (χ0n) is 12.4. The molecule has 110 valence electrons. The molecule has 0 fully saturated rings. The van der Waals surface area contributed by atoms with E-state index in [0.717, 1.165) is 18.7 Å². The minimum atomic E-state index is -0.0279. The molecule has 0 amide bonds. The number of hydrogen-bond acceptors (Lipinski definition) is 4. The third kappa shape index (κ3) is 2.51. The first-order valence-corrected chi connectivity index (χ1v) is 7.25. The van der Waals surface area contributed by atoms with Gasteiger partial charge in [-0.3, -0.25) is 4.79 Å². The molecule has 2 aromatic rings. The predicted molar refractivity (Wildman–Crippen MR) is 84.5 cm³/mol. The second-order valence-corrected chi connectivity index (χ2v) is 5.76. The Morgan fingerprint density at radius 1 is 1.29 bits per heavy atom. The second-order valence-electron chi connectivity index (χ2n) is 5.76. The smallest absolute Gasteiger partial charge is 0.293 e. The van der Waals surface area contributed by atoms with Crippen molar-refractivity contribution in [2.45, 2.75) is 32.9 Å². The predicted octanol–water partition coefficient (Wildman–Crippen LogP) is 1.97. The first kappa shape index (κ1) is 13.7. The van der Waals surface area contributed by atoms with E-state index in [9.17, 15) is 4.79 Å². The maximum Gasteiger partial charge on any atom is 0.293 e. The highest BCUT2D eigenvalue weighted by Crippen LogP contribution is 2.23. The molecule has 2 N–H and O–H groups in total. The van der Waals surface area contributed by atoms with Gasteiger partial charge in [-0.15, -0.1) is 0 Å². The Kier molecular flexibility index (Phi) is 3.41. The molecule has 0 aliphatic carbocycles. The number of rotatable bonds is 2. The summed E-state index contributed by atoms with van der Waals surface area (Å²) in [7, 11) is 0. The van der Waals surface area contributed by atoms with E-state index < -0.39 is 0 Å². The van der Waals surface area contributed by atoms with Crippen molar-refractivity contribution in [1.29, 1.82) is 0 Å². The van der Waals surface area contributed by atoms with E-state index in [1.165, 1.54) is 11.1 Å². The molecule has 0 unspecified atom stereocenters. The quantitative estimate of drug-likeness (QED) is 0.856. The largest absolute Gasteiger partial charge is 0.399 e. The highest BCUT2D eigenvalue weighted by Gasteiger charge is 2.20. The Labute approximate surface area is 124 Å². The Morgan fingerprint density at radius 2 is 2.10 bits per heavy atom. The summed E-state index contributed by atoms with van der Waals surface area (Å²) in [5.74, 6) is 0.527. The van der Waals surface area contributed by atoms with Gasteiger partial charge in [-0.2, -0.15) is 0 Å². The van der Waals surface area contributed by atoms with E-state index in [2.05, 4.69) is 11.1 Å². The van der Waals surface area contributed by atoms with Crippen LogP contribution in [0, 0.1) is 0 Å². The van der Waals surface area contributed by atoms with E-state index in [4.69, 9.17) is 5.73 Å². The molecule has 1 aromatic carbocycles. The summed E-state index contributed by atoms with van der Waals surface area (Å²) in [5.41, 5.74) is 9.08. The van der Waals surface area contributed by atoms with Crippen LogP contribution in [0.1, 0.15) is 31.0 Å². The van der Waals surface area contributed by atoms with Crippen molar-refractivity contribution in [1.82, 2.24) is 9.55 Å². The molecular weight excluding hydrogens is 264 g/mol. The van der Waals surface area contributed by atoms with Crippen LogP contribution in [0.3, 0.4) is 0 Å². The lowest BCUT2D eigenvalue weighted by atomic mass is 9.99. The molecule has 2 heterocycles. The molecule has 0 bridgehead atoms. The fourth-order valence-electron chi connectivity index (χ4n) is 2.80. The monoisotopic (exact) mass is 284 g/mol. The molecule has 1 aromatic heterocycles. The van der Waals surface area contributed by atoms with Crippen LogP contribution in [0.2, 0.25) is 0 Å². The van der Waals surface area contributed by atoms with Crippen LogP contribution in [-0.2, 0) is 13.0 Å². The maximum atomic E-state index is 12.5. The summed E-state index contributed by atoms with van der Waals surface area (Å²) in [4.78, 5) is 18.9. The molecule has 0 saturated heterocycles. The lowest BCUT2D eigenvalue weighted by molar-refractivity contribution is 0.568. The van der Waals surface area contributed by atoms with Gasteiger partial charge in [0.2, 0.25) is 0 Å². The lowest BCUT2D eigenvalue weighted by Crippen LogP contribution is -2.37. The highest BCUT2D eigenvalue weighted by atomic mass is 16.1. The minimum Gasteiger partial charge on any atom is -0.399 e. The van der Waals surface area contributed by atoms with Crippen molar-refractivity contribution in [3.63, 3.8) is 0 Å². The first-order chi connectivity index (χ1) is 10.1. The number of hydrogen-bond donors (Lipinski definition) is 1. The molecule has 0 radical (unpaired) electrons. The van der Waals surface area contributed by atoms with E-state index in [0.29, 0.717) is 12.4 Å². The molecular formula is C16H20N4O. The molecule has 1 aliphatic rings. The first-order valence-electron chi connectivity index (χ1n) is 7.25. The summed E-state index contributed by atoms with van der Waals surface area (Å²) in [5, 5.41) is 0. The normalized spacial score (nSPS) is 14.3. The van der Waals surface area contributed by atoms with Gasteiger partial charge in [0.15, 0.2) is 5.82 Å². The Morgan fingerprint density at radius 3 is 2.86 bits per heavy atom. The zero-order chi connectivity index (χ0) is 15.0. The number of nitrogens with zero attached hydrogens (tertiary/aromatic N) is 3. The van der Waals surface area contributed by atoms with Gasteiger partial charge in [-0.1, -0.05) is 6.07 Å². The molecule has 0 atom stereocenters. The molecule has 0 spiro atoms. The summed E-state index contributed by atoms with van der Waals surface area (Å²) in [6, 6.07) is 6.13. The molecule has 5 heteroatoms. The van der Waals surface area contributed by atoms with Crippen molar-refractivity contribution >= 4 is 11.5 Å². The zero-order valence-corrected chi connectivity index (χ0v) is 12.4. The van der Waals surface area contributed by atoms with Crippen LogP contribution in [-0.4, -0.2) is 16.1 Å². The van der Waals surface area contributed by atoms with Gasteiger partial charge in [-0.05, 0) is 43.5 Å². The minimum absolute atomic E-state index is 0.0279. The maximum absolute atomic E-state index is 12.5. The second kappa shape index (κ2) is 5.24. The van der Waals surface area contributed by atoms with Crippen LogP contribution < -0.4 is 16.2 Å². The van der Waals surface area contributed by atoms with Crippen molar-refractivity contribution in [2.24, 2.45) is 0 Å². The molecule has 3 rings (SSSR count). The van der Waals surface area contributed by atoms with Crippen LogP contribution in [0.15, 0.2) is 35.4 Å². The lowest BCUT2D eigenvalue weighted by Gasteiger charge is -2.29. The average molecular weight is 284 g/mol. The molecule has 5 nitrogen and oxygen atoms in total. The van der Waals surface area contributed by atoms with E-state index in [-0.39, 0.29) is 11.6 Å². The summed E-state index contributed by atoms with van der Waals surface area (Å²) in [6.45, 7) is 5.49. The van der Waals surface area contributed by atoms with Gasteiger partial charge in [0.1, 0.15) is 0 Å². The summed E-state index contributed by atoms with van der Waals surface area (Å²) >= 11 is 0. The van der Waals surface area contributed by atoms with Gasteiger partial charge < -0.3 is 15.2 Å². The molecule has 0 saturated carbocycles. The van der Waals surface area contributed by atoms with Crippen molar-refractivity contribution in [3.8, 4) is 0 Å². The fraction of sp³-hybridized carbons (Fsp3) is 0.375. The third-order valence-electron chi connectivity index (χ3n) is 3.95. The van der Waals surface area contributed by atoms with Gasteiger partial charge in [0.25, 0.3) is 5.56 Å². The van der Waals surface area contributed by atoms with E-state index in [1.807, 2.05) is 30.9 Å². The van der Waals surface area contributed by atoms with Gasteiger partial charge in [-0.25, -0.2) is 4.98 Å². The van der Waals surface area contributed by atoms with Crippen LogP contribution in [0.5, 0.6) is 0 Å². The average Bonchev–Trinajstić information content (AvgIpc) is 2.46. The Bertz CT molecular complexity index is 720. The number of nitrogen functional groups attached to an aromatic ring is 1. The number of benzene rings is 1. The van der Waals surface area contributed by atoms with Crippen LogP contribution >= 0.6 is 0 Å². The third-order valence-corrected chi connectivity index (χ3v) is 3.95. The number of fused-ring (bicyclic) bond motifs is 1. The van der Waals surface area contributed by atoms with Gasteiger partial charge >= 0.3 is 0 Å². The molecule has 1 aliphatic heterocycles. The van der Waals surface area contributed by atoms with Gasteiger partial charge in [0, 0.05) is 37.2 Å².